The van der Waals surface area contributed by atoms with Crippen LogP contribution in [0.15, 0.2) is 42.5 Å². The van der Waals surface area contributed by atoms with E-state index in [4.69, 9.17) is 4.74 Å². The first-order chi connectivity index (χ1) is 12.1. The Balaban J connectivity index is 1.57. The SMILES string of the molecule is COc1ccc(CN(C)CC(=O)N2CCc3ccccc3C2)cc1F. The molecule has 0 N–H and O–H groups in total. The average Bonchev–Trinajstić information content (AvgIpc) is 2.61. The maximum Gasteiger partial charge on any atom is 0.237 e. The van der Waals surface area contributed by atoms with Crippen molar-refractivity contribution in [2.75, 3.05) is 27.2 Å². The molecular weight excluding hydrogens is 319 g/mol. The molecule has 1 aliphatic rings. The molecule has 0 saturated heterocycles. The van der Waals surface area contributed by atoms with Gasteiger partial charge in [0.1, 0.15) is 0 Å². The Labute approximate surface area is 147 Å². The maximum atomic E-state index is 13.8. The molecule has 2 aromatic carbocycles. The summed E-state index contributed by atoms with van der Waals surface area (Å²) in [6, 6.07) is 13.1. The Bertz CT molecular complexity index is 763. The summed E-state index contributed by atoms with van der Waals surface area (Å²) < 4.78 is 18.7. The molecule has 2 aromatic rings. The number of carbonyl (C=O) groups is 1. The molecule has 25 heavy (non-hydrogen) atoms. The van der Waals surface area contributed by atoms with Crippen LogP contribution in [0.4, 0.5) is 4.39 Å². The lowest BCUT2D eigenvalue weighted by Crippen LogP contribution is -2.41. The highest BCUT2D eigenvalue weighted by Gasteiger charge is 2.21. The number of rotatable bonds is 5. The third-order valence-electron chi connectivity index (χ3n) is 4.56. The summed E-state index contributed by atoms with van der Waals surface area (Å²) in [5.74, 6) is -0.0483. The molecule has 3 rings (SSSR count). The van der Waals surface area contributed by atoms with Gasteiger partial charge in [-0.3, -0.25) is 9.69 Å². The number of likely N-dealkylation sites (N-methyl/N-ethyl adjacent to an activating group) is 1. The van der Waals surface area contributed by atoms with E-state index >= 15 is 0 Å². The van der Waals surface area contributed by atoms with Crippen molar-refractivity contribution >= 4 is 5.91 Å². The smallest absolute Gasteiger partial charge is 0.237 e. The van der Waals surface area contributed by atoms with Crippen molar-refractivity contribution in [3.05, 3.63) is 65.0 Å². The van der Waals surface area contributed by atoms with Gasteiger partial charge in [-0.25, -0.2) is 4.39 Å². The number of amides is 1. The second-order valence-electron chi connectivity index (χ2n) is 6.48. The largest absolute Gasteiger partial charge is 0.494 e. The zero-order valence-electron chi connectivity index (χ0n) is 14.7. The van der Waals surface area contributed by atoms with E-state index in [2.05, 4.69) is 12.1 Å². The zero-order chi connectivity index (χ0) is 17.8. The van der Waals surface area contributed by atoms with Gasteiger partial charge in [0.05, 0.1) is 13.7 Å². The van der Waals surface area contributed by atoms with Crippen molar-refractivity contribution < 1.29 is 13.9 Å². The lowest BCUT2D eigenvalue weighted by atomic mass is 10.00. The van der Waals surface area contributed by atoms with Crippen LogP contribution >= 0.6 is 0 Å². The Morgan fingerprint density at radius 3 is 2.72 bits per heavy atom. The normalized spacial score (nSPS) is 13.7. The number of nitrogens with zero attached hydrogens (tertiary/aromatic N) is 2. The molecule has 0 aliphatic carbocycles. The standard InChI is InChI=1S/C20H23FN2O2/c1-22(12-15-7-8-19(25-2)18(21)11-15)14-20(24)23-10-9-16-5-3-4-6-17(16)13-23/h3-8,11H,9-10,12-14H2,1-2H3. The summed E-state index contributed by atoms with van der Waals surface area (Å²) in [5, 5.41) is 0. The van der Waals surface area contributed by atoms with E-state index in [1.807, 2.05) is 35.0 Å². The number of carbonyl (C=O) groups excluding carboxylic acids is 1. The fourth-order valence-corrected chi connectivity index (χ4v) is 3.22. The third kappa shape index (κ3) is 4.17. The van der Waals surface area contributed by atoms with Crippen LogP contribution < -0.4 is 4.74 Å². The van der Waals surface area contributed by atoms with Crippen LogP contribution in [0.25, 0.3) is 0 Å². The number of fused-ring (bicyclic) bond motifs is 1. The summed E-state index contributed by atoms with van der Waals surface area (Å²) in [6.45, 7) is 2.24. The summed E-state index contributed by atoms with van der Waals surface area (Å²) in [6.07, 6.45) is 0.898. The number of benzene rings is 2. The summed E-state index contributed by atoms with van der Waals surface area (Å²) >= 11 is 0. The Hall–Kier alpha value is -2.40. The van der Waals surface area contributed by atoms with Crippen LogP contribution in [-0.2, 0) is 24.3 Å². The van der Waals surface area contributed by atoms with Gasteiger partial charge in [0, 0.05) is 19.6 Å². The van der Waals surface area contributed by atoms with Crippen molar-refractivity contribution in [1.82, 2.24) is 9.80 Å². The molecule has 1 amide bonds. The first-order valence-electron chi connectivity index (χ1n) is 8.42. The van der Waals surface area contributed by atoms with E-state index in [0.29, 0.717) is 19.6 Å². The molecule has 0 fully saturated rings. The maximum absolute atomic E-state index is 13.8. The van der Waals surface area contributed by atoms with Crippen molar-refractivity contribution in [2.45, 2.75) is 19.5 Å². The number of ether oxygens (including phenoxy) is 1. The summed E-state index contributed by atoms with van der Waals surface area (Å²) in [5.41, 5.74) is 3.37. The average molecular weight is 342 g/mol. The topological polar surface area (TPSA) is 32.8 Å². The van der Waals surface area contributed by atoms with Crippen molar-refractivity contribution in [2.24, 2.45) is 0 Å². The van der Waals surface area contributed by atoms with Gasteiger partial charge in [0.15, 0.2) is 11.6 Å². The lowest BCUT2D eigenvalue weighted by molar-refractivity contribution is -0.133. The second kappa shape index (κ2) is 7.66. The molecule has 1 aliphatic heterocycles. The van der Waals surface area contributed by atoms with Gasteiger partial charge in [-0.05, 0) is 42.3 Å². The van der Waals surface area contributed by atoms with Gasteiger partial charge in [-0.15, -0.1) is 0 Å². The minimum atomic E-state index is -0.382. The van der Waals surface area contributed by atoms with Gasteiger partial charge < -0.3 is 9.64 Å². The zero-order valence-corrected chi connectivity index (χ0v) is 14.7. The quantitative estimate of drug-likeness (QED) is 0.838. The minimum Gasteiger partial charge on any atom is -0.494 e. The first-order valence-corrected chi connectivity index (χ1v) is 8.42. The van der Waals surface area contributed by atoms with E-state index in [-0.39, 0.29) is 17.5 Å². The lowest BCUT2D eigenvalue weighted by Gasteiger charge is -2.30. The monoisotopic (exact) mass is 342 g/mol. The van der Waals surface area contributed by atoms with Crippen LogP contribution in [0.1, 0.15) is 16.7 Å². The van der Waals surface area contributed by atoms with Crippen molar-refractivity contribution in [3.8, 4) is 5.75 Å². The molecular formula is C20H23FN2O2. The Morgan fingerprint density at radius 1 is 1.24 bits per heavy atom. The van der Waals surface area contributed by atoms with E-state index in [9.17, 15) is 9.18 Å². The molecule has 132 valence electrons. The van der Waals surface area contributed by atoms with Crippen LogP contribution in [-0.4, -0.2) is 43.0 Å². The second-order valence-corrected chi connectivity index (χ2v) is 6.48. The molecule has 0 atom stereocenters. The molecule has 0 saturated carbocycles. The predicted molar refractivity (Wildman–Crippen MR) is 94.8 cm³/mol. The Morgan fingerprint density at radius 2 is 2.00 bits per heavy atom. The highest BCUT2D eigenvalue weighted by Crippen LogP contribution is 2.20. The van der Waals surface area contributed by atoms with Gasteiger partial charge in [-0.2, -0.15) is 0 Å². The summed E-state index contributed by atoms with van der Waals surface area (Å²) in [4.78, 5) is 16.4. The van der Waals surface area contributed by atoms with Crippen LogP contribution in [0.3, 0.4) is 0 Å². The van der Waals surface area contributed by atoms with E-state index in [1.54, 1.807) is 6.07 Å². The predicted octanol–water partition coefficient (Wildman–Crippen LogP) is 2.85. The van der Waals surface area contributed by atoms with Crippen LogP contribution in [0, 0.1) is 5.82 Å². The number of hydrogen-bond donors (Lipinski definition) is 0. The number of halogens is 1. The highest BCUT2D eigenvalue weighted by atomic mass is 19.1. The fraction of sp³-hybridized carbons (Fsp3) is 0.350. The van der Waals surface area contributed by atoms with Crippen LogP contribution in [0.5, 0.6) is 5.75 Å². The molecule has 5 heteroatoms. The number of hydrogen-bond acceptors (Lipinski definition) is 3. The fourth-order valence-electron chi connectivity index (χ4n) is 3.22. The summed E-state index contributed by atoms with van der Waals surface area (Å²) in [7, 11) is 3.32. The molecule has 0 aromatic heterocycles. The molecule has 4 nitrogen and oxygen atoms in total. The Kier molecular flexibility index (Phi) is 5.34. The molecule has 1 heterocycles. The minimum absolute atomic E-state index is 0.103. The van der Waals surface area contributed by atoms with E-state index in [1.165, 1.54) is 24.3 Å². The van der Waals surface area contributed by atoms with Gasteiger partial charge in [0.2, 0.25) is 5.91 Å². The van der Waals surface area contributed by atoms with Gasteiger partial charge >= 0.3 is 0 Å². The van der Waals surface area contributed by atoms with Gasteiger partial charge in [0.25, 0.3) is 0 Å². The van der Waals surface area contributed by atoms with E-state index < -0.39 is 0 Å². The molecule has 0 bridgehead atoms. The highest BCUT2D eigenvalue weighted by molar-refractivity contribution is 5.78. The van der Waals surface area contributed by atoms with Gasteiger partial charge in [-0.1, -0.05) is 30.3 Å². The van der Waals surface area contributed by atoms with E-state index in [0.717, 1.165) is 18.5 Å². The van der Waals surface area contributed by atoms with Crippen molar-refractivity contribution in [1.29, 1.82) is 0 Å². The number of methoxy groups -OCH3 is 1. The first kappa shape index (κ1) is 17.4. The molecule has 0 unspecified atom stereocenters. The van der Waals surface area contributed by atoms with Crippen molar-refractivity contribution in [3.63, 3.8) is 0 Å². The molecule has 0 spiro atoms. The van der Waals surface area contributed by atoms with Crippen LogP contribution in [0.2, 0.25) is 0 Å². The third-order valence-corrected chi connectivity index (χ3v) is 4.56. The molecule has 0 radical (unpaired) electrons.